The molecule has 3 rings (SSSR count). The molecule has 1 saturated heterocycles. The third-order valence-electron chi connectivity index (χ3n) is 4.75. The van der Waals surface area contributed by atoms with Gasteiger partial charge in [0.2, 0.25) is 5.88 Å². The zero-order chi connectivity index (χ0) is 18.4. The van der Waals surface area contributed by atoms with Crippen LogP contribution in [0.4, 0.5) is 5.82 Å². The van der Waals surface area contributed by atoms with E-state index in [-0.39, 0.29) is 6.04 Å². The van der Waals surface area contributed by atoms with Crippen LogP contribution >= 0.6 is 0 Å². The molecule has 0 unspecified atom stereocenters. The van der Waals surface area contributed by atoms with Gasteiger partial charge in [-0.3, -0.25) is 0 Å². The summed E-state index contributed by atoms with van der Waals surface area (Å²) in [6.45, 7) is 5.24. The van der Waals surface area contributed by atoms with Gasteiger partial charge in [-0.15, -0.1) is 5.10 Å². The van der Waals surface area contributed by atoms with Crippen molar-refractivity contribution in [1.29, 1.82) is 0 Å². The van der Waals surface area contributed by atoms with Crippen molar-refractivity contribution in [1.82, 2.24) is 18.9 Å². The van der Waals surface area contributed by atoms with Crippen molar-refractivity contribution in [2.24, 2.45) is 5.14 Å². The summed E-state index contributed by atoms with van der Waals surface area (Å²) < 4.78 is 31.5. The summed E-state index contributed by atoms with van der Waals surface area (Å²) in [5, 5.41) is 9.68. The van der Waals surface area contributed by atoms with Crippen molar-refractivity contribution in [2.45, 2.75) is 32.7 Å². The Bertz CT molecular complexity index is 886. The number of piperidine rings is 1. The molecule has 0 amide bonds. The van der Waals surface area contributed by atoms with Crippen LogP contribution in [0.1, 0.15) is 24.2 Å². The Morgan fingerprint density at radius 1 is 1.32 bits per heavy atom. The van der Waals surface area contributed by atoms with E-state index in [0.29, 0.717) is 37.6 Å². The van der Waals surface area contributed by atoms with Gasteiger partial charge in [0.25, 0.3) is 10.2 Å². The maximum Gasteiger partial charge on any atom is 0.276 e. The highest BCUT2D eigenvalue weighted by Gasteiger charge is 2.29. The van der Waals surface area contributed by atoms with Gasteiger partial charge in [0, 0.05) is 32.2 Å². The fourth-order valence-corrected chi connectivity index (χ4v) is 3.98. The molecule has 10 heteroatoms. The predicted octanol–water partition coefficient (Wildman–Crippen LogP) is 0.459. The van der Waals surface area contributed by atoms with Crippen molar-refractivity contribution in [2.75, 3.05) is 32.1 Å². The molecule has 2 N–H and O–H groups in total. The zero-order valence-corrected chi connectivity index (χ0v) is 15.7. The van der Waals surface area contributed by atoms with Crippen molar-refractivity contribution >= 4 is 21.5 Å². The van der Waals surface area contributed by atoms with Crippen LogP contribution in [0.2, 0.25) is 0 Å². The van der Waals surface area contributed by atoms with Crippen LogP contribution in [-0.2, 0) is 10.2 Å². The number of ether oxygens (including phenoxy) is 1. The lowest BCUT2D eigenvalue weighted by atomic mass is 10.1. The molecule has 3 heterocycles. The van der Waals surface area contributed by atoms with Crippen molar-refractivity contribution in [3.8, 4) is 5.88 Å². The first-order chi connectivity index (χ1) is 11.7. The first-order valence-electron chi connectivity index (χ1n) is 8.14. The van der Waals surface area contributed by atoms with Gasteiger partial charge in [-0.25, -0.2) is 10.1 Å². The van der Waals surface area contributed by atoms with Crippen LogP contribution in [-0.4, -0.2) is 60.6 Å². The Hall–Kier alpha value is -1.91. The summed E-state index contributed by atoms with van der Waals surface area (Å²) in [6, 6.07) is 1.85. The van der Waals surface area contributed by atoms with Crippen LogP contribution in [0.3, 0.4) is 0 Å². The molecule has 1 aliphatic rings. The third-order valence-corrected chi connectivity index (χ3v) is 5.85. The van der Waals surface area contributed by atoms with Crippen LogP contribution in [0.15, 0.2) is 6.07 Å². The number of anilines is 1. The number of nitrogens with zero attached hydrogens (tertiary/aromatic N) is 5. The second-order valence-corrected chi connectivity index (χ2v) is 8.00. The number of aromatic nitrogens is 3. The summed E-state index contributed by atoms with van der Waals surface area (Å²) in [5.41, 5.74) is 1.95. The second-order valence-electron chi connectivity index (χ2n) is 6.39. The number of aryl methyl sites for hydroxylation is 2. The van der Waals surface area contributed by atoms with E-state index in [1.807, 2.05) is 19.9 Å². The molecule has 0 bridgehead atoms. The van der Waals surface area contributed by atoms with E-state index in [4.69, 9.17) is 9.88 Å². The first-order valence-corrected chi connectivity index (χ1v) is 9.64. The van der Waals surface area contributed by atoms with Crippen molar-refractivity contribution in [3.63, 3.8) is 0 Å². The topological polar surface area (TPSA) is 106 Å². The molecule has 9 nitrogen and oxygen atoms in total. The molecule has 2 aromatic heterocycles. The van der Waals surface area contributed by atoms with Crippen LogP contribution in [0.25, 0.3) is 5.52 Å². The molecule has 0 aliphatic carbocycles. The number of rotatable bonds is 4. The molecular weight excluding hydrogens is 344 g/mol. The maximum absolute atomic E-state index is 11.5. The minimum absolute atomic E-state index is 0.0902. The van der Waals surface area contributed by atoms with Crippen LogP contribution < -0.4 is 14.8 Å². The average molecular weight is 368 g/mol. The third kappa shape index (κ3) is 3.29. The maximum atomic E-state index is 11.5. The van der Waals surface area contributed by atoms with E-state index >= 15 is 0 Å². The Kier molecular flexibility index (Phi) is 4.60. The van der Waals surface area contributed by atoms with Crippen molar-refractivity contribution < 1.29 is 13.2 Å². The Morgan fingerprint density at radius 2 is 1.96 bits per heavy atom. The zero-order valence-electron chi connectivity index (χ0n) is 14.9. The van der Waals surface area contributed by atoms with Gasteiger partial charge in [-0.1, -0.05) is 0 Å². The molecule has 138 valence electrons. The molecule has 2 aromatic rings. The number of nitrogens with two attached hydrogens (primary N) is 1. The highest BCUT2D eigenvalue weighted by atomic mass is 32.2. The fraction of sp³-hybridized carbons (Fsp3) is 0.600. The average Bonchev–Trinajstić information content (AvgIpc) is 2.88. The lowest BCUT2D eigenvalue weighted by Crippen LogP contribution is -2.47. The molecule has 0 aromatic carbocycles. The summed E-state index contributed by atoms with van der Waals surface area (Å²) in [7, 11) is -0.514. The number of methoxy groups -OCH3 is 1. The van der Waals surface area contributed by atoms with Gasteiger partial charge < -0.3 is 9.64 Å². The van der Waals surface area contributed by atoms with E-state index in [2.05, 4.69) is 15.0 Å². The lowest BCUT2D eigenvalue weighted by Gasteiger charge is -2.36. The lowest BCUT2D eigenvalue weighted by molar-refractivity contribution is 0.312. The van der Waals surface area contributed by atoms with E-state index in [9.17, 15) is 8.42 Å². The number of hydrogen-bond acceptors (Lipinski definition) is 6. The Labute approximate surface area is 147 Å². The molecule has 1 aliphatic heterocycles. The molecule has 25 heavy (non-hydrogen) atoms. The second kappa shape index (κ2) is 6.43. The fourth-order valence-electron chi connectivity index (χ4n) is 3.35. The van der Waals surface area contributed by atoms with E-state index in [0.717, 1.165) is 16.9 Å². The standard InChI is InChI=1S/C15H24N6O3S/c1-10-9-13(24-4)21-14(10)15(17-11(2)18-21)20-7-5-12(6-8-20)19(3)25(16,22)23/h9,12H,5-8H2,1-4H3,(H2,16,22,23). The van der Waals surface area contributed by atoms with Gasteiger partial charge in [-0.05, 0) is 32.3 Å². The highest BCUT2D eigenvalue weighted by Crippen LogP contribution is 2.30. The molecule has 0 radical (unpaired) electrons. The highest BCUT2D eigenvalue weighted by molar-refractivity contribution is 7.86. The van der Waals surface area contributed by atoms with E-state index < -0.39 is 10.2 Å². The van der Waals surface area contributed by atoms with E-state index in [1.165, 1.54) is 11.4 Å². The number of hydrogen-bond donors (Lipinski definition) is 1. The summed E-state index contributed by atoms with van der Waals surface area (Å²) in [4.78, 5) is 6.80. The minimum atomic E-state index is -3.66. The molecule has 0 saturated carbocycles. The largest absolute Gasteiger partial charge is 0.481 e. The number of fused-ring (bicyclic) bond motifs is 1. The normalized spacial score (nSPS) is 16.8. The smallest absolute Gasteiger partial charge is 0.276 e. The molecule has 0 atom stereocenters. The Balaban J connectivity index is 1.90. The first kappa shape index (κ1) is 17.9. The SMILES string of the molecule is COc1cc(C)c2c(N3CCC(N(C)S(N)(=O)=O)CC3)nc(C)nn12. The summed E-state index contributed by atoms with van der Waals surface area (Å²) in [6.07, 6.45) is 1.39. The molecule has 0 spiro atoms. The van der Waals surface area contributed by atoms with Gasteiger partial charge >= 0.3 is 0 Å². The minimum Gasteiger partial charge on any atom is -0.481 e. The van der Waals surface area contributed by atoms with Crippen LogP contribution in [0, 0.1) is 13.8 Å². The predicted molar refractivity (Wildman–Crippen MR) is 95.1 cm³/mol. The molecule has 1 fully saturated rings. The summed E-state index contributed by atoms with van der Waals surface area (Å²) in [5.74, 6) is 2.17. The Morgan fingerprint density at radius 3 is 2.52 bits per heavy atom. The monoisotopic (exact) mass is 368 g/mol. The quantitative estimate of drug-likeness (QED) is 0.840. The van der Waals surface area contributed by atoms with Gasteiger partial charge in [-0.2, -0.15) is 17.2 Å². The van der Waals surface area contributed by atoms with E-state index in [1.54, 1.807) is 11.6 Å². The molecular formula is C15H24N6O3S. The van der Waals surface area contributed by atoms with Gasteiger partial charge in [0.05, 0.1) is 7.11 Å². The van der Waals surface area contributed by atoms with Crippen LogP contribution in [0.5, 0.6) is 5.88 Å². The van der Waals surface area contributed by atoms with Crippen molar-refractivity contribution in [3.05, 3.63) is 17.5 Å². The van der Waals surface area contributed by atoms with Gasteiger partial charge in [0.1, 0.15) is 11.3 Å². The van der Waals surface area contributed by atoms with Gasteiger partial charge in [0.15, 0.2) is 5.82 Å². The summed E-state index contributed by atoms with van der Waals surface area (Å²) >= 11 is 0.